The summed E-state index contributed by atoms with van der Waals surface area (Å²) in [6.07, 6.45) is 1.72. The molecule has 2 saturated heterocycles. The summed E-state index contributed by atoms with van der Waals surface area (Å²) < 4.78 is 6.09. The summed E-state index contributed by atoms with van der Waals surface area (Å²) in [5.41, 5.74) is -0.354. The fourth-order valence-electron chi connectivity index (χ4n) is 4.20. The zero-order valence-corrected chi connectivity index (χ0v) is 19.7. The maximum atomic E-state index is 13.1. The van der Waals surface area contributed by atoms with E-state index < -0.39 is 0 Å². The van der Waals surface area contributed by atoms with Gasteiger partial charge in [-0.3, -0.25) is 14.4 Å². The molecule has 0 radical (unpaired) electrons. The summed E-state index contributed by atoms with van der Waals surface area (Å²) in [7, 11) is 2.07. The summed E-state index contributed by atoms with van der Waals surface area (Å²) in [5, 5.41) is 3.16. The van der Waals surface area contributed by atoms with Crippen molar-refractivity contribution in [3.05, 3.63) is 29.3 Å². The molecule has 0 atom stereocenters. The number of likely N-dealkylation sites (N-methyl/N-ethyl adjacent to an activating group) is 1. The van der Waals surface area contributed by atoms with Crippen LogP contribution in [0.15, 0.2) is 24.3 Å². The Morgan fingerprint density at radius 1 is 1.03 bits per heavy atom. The third-order valence-electron chi connectivity index (χ3n) is 6.39. The lowest BCUT2D eigenvalue weighted by atomic mass is 9.75. The van der Waals surface area contributed by atoms with Gasteiger partial charge in [-0.15, -0.1) is 0 Å². The maximum Gasteiger partial charge on any atom is 0.241 e. The number of rotatable bonds is 7. The summed E-state index contributed by atoms with van der Waals surface area (Å²) in [6, 6.07) is 7.25. The van der Waals surface area contributed by atoms with Crippen molar-refractivity contribution in [3.63, 3.8) is 0 Å². The molecular weight excluding hydrogens is 432 g/mol. The second-order valence-electron chi connectivity index (χ2n) is 8.90. The van der Waals surface area contributed by atoms with Crippen LogP contribution in [0.2, 0.25) is 5.02 Å². The highest BCUT2D eigenvalue weighted by Gasteiger charge is 2.40. The predicted octanol–water partition coefficient (Wildman–Crippen LogP) is 1.63. The molecule has 2 fully saturated rings. The number of hydrogen-bond donors (Lipinski definition) is 1. The van der Waals surface area contributed by atoms with Crippen LogP contribution in [0.25, 0.3) is 0 Å². The minimum atomic E-state index is -0.354. The molecule has 3 rings (SSSR count). The number of benzene rings is 1. The number of piperazine rings is 1. The van der Waals surface area contributed by atoms with Crippen molar-refractivity contribution in [3.8, 4) is 5.75 Å². The topological polar surface area (TPSA) is 82.2 Å². The van der Waals surface area contributed by atoms with Gasteiger partial charge in [-0.2, -0.15) is 0 Å². The first-order valence-corrected chi connectivity index (χ1v) is 11.5. The highest BCUT2D eigenvalue weighted by molar-refractivity contribution is 6.30. The molecule has 1 aromatic carbocycles. The van der Waals surface area contributed by atoms with Crippen molar-refractivity contribution in [1.29, 1.82) is 0 Å². The Morgan fingerprint density at radius 3 is 2.31 bits per heavy atom. The molecule has 9 heteroatoms. The first-order valence-electron chi connectivity index (χ1n) is 11.1. The Morgan fingerprint density at radius 2 is 1.69 bits per heavy atom. The fraction of sp³-hybridized carbons (Fsp3) is 0.609. The summed E-state index contributed by atoms with van der Waals surface area (Å²) in [5.74, 6) is 0.492. The number of halogens is 1. The number of likely N-dealkylation sites (tertiary alicyclic amines) is 1. The molecular formula is C23H33ClN4O4. The number of nitrogens with zero attached hydrogens (tertiary/aromatic N) is 3. The zero-order chi connectivity index (χ0) is 23.1. The third-order valence-corrected chi connectivity index (χ3v) is 6.62. The average Bonchev–Trinajstić information content (AvgIpc) is 2.77. The Bertz CT molecular complexity index is 818. The quantitative estimate of drug-likeness (QED) is 0.663. The molecule has 1 aromatic rings. The molecule has 0 spiro atoms. The maximum absolute atomic E-state index is 13.1. The van der Waals surface area contributed by atoms with Crippen LogP contribution in [0, 0.1) is 5.41 Å². The van der Waals surface area contributed by atoms with Crippen LogP contribution in [0.3, 0.4) is 0 Å². The van der Waals surface area contributed by atoms with Crippen LogP contribution in [-0.2, 0) is 14.4 Å². The van der Waals surface area contributed by atoms with Crippen molar-refractivity contribution >= 4 is 29.3 Å². The summed E-state index contributed by atoms with van der Waals surface area (Å²) in [6.45, 7) is 6.09. The van der Waals surface area contributed by atoms with E-state index in [2.05, 4.69) is 17.3 Å². The molecule has 32 heavy (non-hydrogen) atoms. The first kappa shape index (κ1) is 24.3. The van der Waals surface area contributed by atoms with E-state index in [1.807, 2.05) is 17.0 Å². The number of nitrogens with one attached hydrogen (secondary N) is 1. The van der Waals surface area contributed by atoms with Crippen LogP contribution in [0.4, 0.5) is 0 Å². The van der Waals surface area contributed by atoms with Crippen molar-refractivity contribution in [2.24, 2.45) is 5.41 Å². The number of carbonyl (C=O) groups excluding carboxylic acids is 3. The minimum Gasteiger partial charge on any atom is -0.493 e. The van der Waals surface area contributed by atoms with Gasteiger partial charge in [0.2, 0.25) is 17.7 Å². The van der Waals surface area contributed by atoms with E-state index >= 15 is 0 Å². The van der Waals surface area contributed by atoms with Crippen molar-refractivity contribution < 1.29 is 19.1 Å². The molecule has 0 aliphatic carbocycles. The van der Waals surface area contributed by atoms with Crippen LogP contribution < -0.4 is 10.1 Å². The largest absolute Gasteiger partial charge is 0.493 e. The molecule has 0 unspecified atom stereocenters. The van der Waals surface area contributed by atoms with Gasteiger partial charge in [-0.25, -0.2) is 0 Å². The first-order chi connectivity index (χ1) is 15.3. The smallest absolute Gasteiger partial charge is 0.241 e. The van der Waals surface area contributed by atoms with Crippen LogP contribution in [-0.4, -0.2) is 91.9 Å². The molecule has 0 bridgehead atoms. The molecule has 2 aliphatic heterocycles. The van der Waals surface area contributed by atoms with Gasteiger partial charge in [0.05, 0.1) is 13.2 Å². The third kappa shape index (κ3) is 6.84. The van der Waals surface area contributed by atoms with Crippen LogP contribution in [0.1, 0.15) is 26.2 Å². The fourth-order valence-corrected chi connectivity index (χ4v) is 4.38. The lowest BCUT2D eigenvalue weighted by Gasteiger charge is -2.42. The van der Waals surface area contributed by atoms with Crippen LogP contribution in [0.5, 0.6) is 5.75 Å². The Labute approximate surface area is 194 Å². The number of ether oxygens (including phenoxy) is 1. The molecule has 0 saturated carbocycles. The number of piperidine rings is 1. The molecule has 2 heterocycles. The van der Waals surface area contributed by atoms with E-state index in [0.717, 1.165) is 26.2 Å². The minimum absolute atomic E-state index is 0.00156. The zero-order valence-electron chi connectivity index (χ0n) is 18.9. The van der Waals surface area contributed by atoms with Gasteiger partial charge in [-0.05, 0) is 38.1 Å². The highest BCUT2D eigenvalue weighted by Crippen LogP contribution is 2.37. The summed E-state index contributed by atoms with van der Waals surface area (Å²) >= 11 is 6.09. The van der Waals surface area contributed by atoms with E-state index in [9.17, 15) is 14.4 Å². The normalized spacial score (nSPS) is 18.8. The van der Waals surface area contributed by atoms with Gasteiger partial charge >= 0.3 is 0 Å². The van der Waals surface area contributed by atoms with Crippen molar-refractivity contribution in [2.75, 3.05) is 59.5 Å². The second kappa shape index (κ2) is 11.0. The Kier molecular flexibility index (Phi) is 8.37. The molecule has 176 valence electrons. The van der Waals surface area contributed by atoms with Crippen molar-refractivity contribution in [1.82, 2.24) is 20.0 Å². The van der Waals surface area contributed by atoms with Gasteiger partial charge in [-0.1, -0.05) is 17.7 Å². The number of carbonyl (C=O) groups is 3. The van der Waals surface area contributed by atoms with E-state index in [1.165, 1.54) is 6.92 Å². The van der Waals surface area contributed by atoms with Crippen LogP contribution >= 0.6 is 11.6 Å². The van der Waals surface area contributed by atoms with Gasteiger partial charge in [0.25, 0.3) is 0 Å². The van der Waals surface area contributed by atoms with Gasteiger partial charge < -0.3 is 24.8 Å². The molecule has 0 aromatic heterocycles. The van der Waals surface area contributed by atoms with Crippen molar-refractivity contribution in [2.45, 2.75) is 26.2 Å². The molecule has 2 aliphatic rings. The van der Waals surface area contributed by atoms with Gasteiger partial charge in [0.1, 0.15) is 5.75 Å². The highest BCUT2D eigenvalue weighted by atomic mass is 35.5. The van der Waals surface area contributed by atoms with E-state index in [-0.39, 0.29) is 29.7 Å². The molecule has 3 amide bonds. The van der Waals surface area contributed by atoms with Gasteiger partial charge in [0, 0.05) is 63.1 Å². The monoisotopic (exact) mass is 464 g/mol. The number of hydrogen-bond acceptors (Lipinski definition) is 5. The van der Waals surface area contributed by atoms with E-state index in [1.54, 1.807) is 17.0 Å². The predicted molar refractivity (Wildman–Crippen MR) is 123 cm³/mol. The Hall–Kier alpha value is -2.32. The molecule has 8 nitrogen and oxygen atoms in total. The van der Waals surface area contributed by atoms with E-state index in [0.29, 0.717) is 49.7 Å². The second-order valence-corrected chi connectivity index (χ2v) is 9.33. The standard InChI is InChI=1S/C23H33ClN4O4/c1-18(29)25-16-22(31)27-8-6-23(7-9-27,17-32-20-5-3-4-19(24)14-20)15-21(30)28-12-10-26(2)11-13-28/h3-5,14H,6-13,15-17H2,1-2H3,(H,25,29). The summed E-state index contributed by atoms with van der Waals surface area (Å²) in [4.78, 5) is 42.6. The Balaban J connectivity index is 1.65. The van der Waals surface area contributed by atoms with E-state index in [4.69, 9.17) is 16.3 Å². The molecule has 1 N–H and O–H groups in total. The number of amides is 3. The SMILES string of the molecule is CC(=O)NCC(=O)N1CCC(COc2cccc(Cl)c2)(CC(=O)N2CCN(C)CC2)CC1. The lowest BCUT2D eigenvalue weighted by molar-refractivity contribution is -0.139. The van der Waals surface area contributed by atoms with Gasteiger partial charge in [0.15, 0.2) is 0 Å². The average molecular weight is 465 g/mol. The lowest BCUT2D eigenvalue weighted by Crippen LogP contribution is -2.52.